The predicted molar refractivity (Wildman–Crippen MR) is 80.3 cm³/mol. The number of rotatable bonds is 4. The van der Waals surface area contributed by atoms with Crippen LogP contribution in [0.15, 0.2) is 32.0 Å². The van der Waals surface area contributed by atoms with Crippen molar-refractivity contribution in [1.82, 2.24) is 0 Å². The van der Waals surface area contributed by atoms with Gasteiger partial charge in [-0.15, -0.1) is 0 Å². The molecule has 0 bridgehead atoms. The molecule has 0 saturated carbocycles. The third-order valence-corrected chi connectivity index (χ3v) is 3.97. The lowest BCUT2D eigenvalue weighted by Crippen LogP contribution is -2.50. The highest BCUT2D eigenvalue weighted by atomic mass is 19.4. The normalized spacial score (nSPS) is 13.3. The van der Waals surface area contributed by atoms with E-state index in [1.54, 1.807) is 0 Å². The van der Waals surface area contributed by atoms with E-state index < -0.39 is 45.9 Å². The number of ether oxygens (including phenoxy) is 2. The number of methoxy groups -OCH3 is 2. The molecule has 1 aromatic carbocycles. The van der Waals surface area contributed by atoms with Gasteiger partial charge in [-0.25, -0.2) is 0 Å². The fourth-order valence-electron chi connectivity index (χ4n) is 2.66. The lowest BCUT2D eigenvalue weighted by Gasteiger charge is -2.27. The Labute approximate surface area is 150 Å². The summed E-state index contributed by atoms with van der Waals surface area (Å²) in [6, 6.07) is 1.20. The Morgan fingerprint density at radius 3 is 2.07 bits per heavy atom. The molecule has 12 heteroatoms. The molecule has 152 valence electrons. The zero-order valence-corrected chi connectivity index (χ0v) is 13.9. The molecule has 0 aliphatic heterocycles. The molecule has 0 fully saturated rings. The Balaban J connectivity index is 2.44. The van der Waals surface area contributed by atoms with Gasteiger partial charge in [0.05, 0.1) is 25.9 Å². The molecular formula is C16H9F7O5. The summed E-state index contributed by atoms with van der Waals surface area (Å²) in [7, 11) is 2.14. The van der Waals surface area contributed by atoms with Gasteiger partial charge in [0.25, 0.3) is 0 Å². The summed E-state index contributed by atoms with van der Waals surface area (Å²) in [4.78, 5) is 12.4. The minimum atomic E-state index is -6.60. The molecule has 0 amide bonds. The van der Waals surface area contributed by atoms with Crippen LogP contribution in [-0.4, -0.2) is 26.3 Å². The first kappa shape index (κ1) is 19.8. The van der Waals surface area contributed by atoms with Crippen molar-refractivity contribution in [3.05, 3.63) is 34.4 Å². The summed E-state index contributed by atoms with van der Waals surface area (Å²) in [5, 5.41) is -0.331. The fourth-order valence-corrected chi connectivity index (χ4v) is 2.66. The molecule has 0 aliphatic carbocycles. The van der Waals surface area contributed by atoms with Crippen molar-refractivity contribution in [3.63, 3.8) is 0 Å². The summed E-state index contributed by atoms with van der Waals surface area (Å²) in [5.41, 5.74) is -2.33. The van der Waals surface area contributed by atoms with E-state index >= 15 is 0 Å². The minimum Gasteiger partial charge on any atom is -0.495 e. The lowest BCUT2D eigenvalue weighted by atomic mass is 10.1. The lowest BCUT2D eigenvalue weighted by molar-refractivity contribution is -0.363. The summed E-state index contributed by atoms with van der Waals surface area (Å²) < 4.78 is 112. The van der Waals surface area contributed by atoms with Crippen LogP contribution in [0.4, 0.5) is 30.7 Å². The second-order valence-corrected chi connectivity index (χ2v) is 5.56. The van der Waals surface area contributed by atoms with Gasteiger partial charge in [-0.3, -0.25) is 4.79 Å². The number of hydrogen-bond acceptors (Lipinski definition) is 5. The van der Waals surface area contributed by atoms with Crippen LogP contribution in [0.5, 0.6) is 11.5 Å². The largest absolute Gasteiger partial charge is 0.495 e. The van der Waals surface area contributed by atoms with Crippen molar-refractivity contribution in [1.29, 1.82) is 0 Å². The predicted octanol–water partition coefficient (Wildman–Crippen LogP) is 4.85. The van der Waals surface area contributed by atoms with E-state index in [4.69, 9.17) is 13.9 Å². The van der Waals surface area contributed by atoms with Crippen LogP contribution in [0, 0.1) is 0 Å². The molecule has 2 aromatic heterocycles. The zero-order valence-electron chi connectivity index (χ0n) is 13.9. The van der Waals surface area contributed by atoms with Crippen LogP contribution >= 0.6 is 0 Å². The number of benzene rings is 1. The first-order chi connectivity index (χ1) is 12.9. The van der Waals surface area contributed by atoms with Crippen molar-refractivity contribution in [2.75, 3.05) is 14.2 Å². The van der Waals surface area contributed by atoms with Gasteiger partial charge in [-0.1, -0.05) is 0 Å². The van der Waals surface area contributed by atoms with Gasteiger partial charge in [0.15, 0.2) is 22.4 Å². The van der Waals surface area contributed by atoms with Crippen molar-refractivity contribution >= 4 is 21.9 Å². The number of furan rings is 1. The Morgan fingerprint density at radius 2 is 1.54 bits per heavy atom. The standard InChI is InChI=1S/C16H9F7O5/c1-25-10-6-3-4-27-11(6)13(26-2)12-9(10)7(24)5-8(28-12)14(17,18)15(19,20)16(21,22)23/h3-5H,1-2H3. The molecule has 0 saturated heterocycles. The van der Waals surface area contributed by atoms with Gasteiger partial charge < -0.3 is 18.3 Å². The van der Waals surface area contributed by atoms with Gasteiger partial charge in [-0.05, 0) is 6.07 Å². The van der Waals surface area contributed by atoms with E-state index in [1.807, 2.05) is 0 Å². The highest BCUT2D eigenvalue weighted by Gasteiger charge is 2.75. The second kappa shape index (κ2) is 6.04. The van der Waals surface area contributed by atoms with E-state index in [1.165, 1.54) is 6.07 Å². The number of fused-ring (bicyclic) bond motifs is 2. The molecule has 0 atom stereocenters. The molecule has 0 N–H and O–H groups in total. The zero-order chi connectivity index (χ0) is 21.1. The summed E-state index contributed by atoms with van der Waals surface area (Å²) in [6.07, 6.45) is -5.47. The third kappa shape index (κ3) is 2.50. The maximum absolute atomic E-state index is 14.0. The van der Waals surface area contributed by atoms with Gasteiger partial charge in [-0.2, -0.15) is 30.7 Å². The van der Waals surface area contributed by atoms with Crippen LogP contribution in [0.1, 0.15) is 5.76 Å². The van der Waals surface area contributed by atoms with Crippen LogP contribution in [0.3, 0.4) is 0 Å². The second-order valence-electron chi connectivity index (χ2n) is 5.56. The molecule has 2 heterocycles. The highest BCUT2D eigenvalue weighted by molar-refractivity contribution is 6.06. The van der Waals surface area contributed by atoms with Crippen molar-refractivity contribution in [2.45, 2.75) is 18.0 Å². The summed E-state index contributed by atoms with van der Waals surface area (Å²) in [6.45, 7) is 0. The number of hydrogen-bond donors (Lipinski definition) is 0. The Bertz CT molecular complexity index is 1110. The molecule has 0 spiro atoms. The smallest absolute Gasteiger partial charge is 0.460 e. The summed E-state index contributed by atoms with van der Waals surface area (Å²) >= 11 is 0. The molecule has 0 unspecified atom stereocenters. The van der Waals surface area contributed by atoms with Crippen LogP contribution < -0.4 is 14.9 Å². The number of alkyl halides is 7. The third-order valence-electron chi connectivity index (χ3n) is 3.97. The van der Waals surface area contributed by atoms with Crippen molar-refractivity contribution in [2.24, 2.45) is 0 Å². The maximum atomic E-state index is 14.0. The van der Waals surface area contributed by atoms with E-state index in [0.717, 1.165) is 20.5 Å². The quantitative estimate of drug-likeness (QED) is 0.572. The van der Waals surface area contributed by atoms with E-state index in [0.29, 0.717) is 0 Å². The molecule has 5 nitrogen and oxygen atoms in total. The SMILES string of the molecule is COc1c2occc2c(OC)c2c(=O)cc(C(F)(F)C(F)(F)C(F)(F)F)oc12. The average Bonchev–Trinajstić information content (AvgIpc) is 3.07. The van der Waals surface area contributed by atoms with Gasteiger partial charge in [0, 0.05) is 6.07 Å². The monoisotopic (exact) mass is 414 g/mol. The van der Waals surface area contributed by atoms with Crippen molar-refractivity contribution < 1.29 is 49.0 Å². The first-order valence-electron chi connectivity index (χ1n) is 7.30. The molecule has 0 aliphatic rings. The fraction of sp³-hybridized carbons (Fsp3) is 0.312. The van der Waals surface area contributed by atoms with Crippen LogP contribution in [-0.2, 0) is 5.92 Å². The van der Waals surface area contributed by atoms with Gasteiger partial charge >= 0.3 is 18.0 Å². The molecular weight excluding hydrogens is 405 g/mol. The first-order valence-corrected chi connectivity index (χ1v) is 7.30. The van der Waals surface area contributed by atoms with E-state index in [9.17, 15) is 35.5 Å². The van der Waals surface area contributed by atoms with Gasteiger partial charge in [0.2, 0.25) is 5.75 Å². The number of halogens is 7. The van der Waals surface area contributed by atoms with E-state index in [2.05, 4.69) is 4.42 Å². The highest BCUT2D eigenvalue weighted by Crippen LogP contribution is 2.52. The topological polar surface area (TPSA) is 61.8 Å². The van der Waals surface area contributed by atoms with Crippen LogP contribution in [0.25, 0.3) is 21.9 Å². The molecule has 3 aromatic rings. The van der Waals surface area contributed by atoms with Crippen molar-refractivity contribution in [3.8, 4) is 11.5 Å². The van der Waals surface area contributed by atoms with Gasteiger partial charge in [0.1, 0.15) is 11.1 Å². The molecule has 0 radical (unpaired) electrons. The van der Waals surface area contributed by atoms with Crippen LogP contribution in [0.2, 0.25) is 0 Å². The Kier molecular flexibility index (Phi) is 4.28. The Morgan fingerprint density at radius 1 is 0.929 bits per heavy atom. The van der Waals surface area contributed by atoms with E-state index in [-0.39, 0.29) is 22.8 Å². The molecule has 28 heavy (non-hydrogen) atoms. The average molecular weight is 414 g/mol. The summed E-state index contributed by atoms with van der Waals surface area (Å²) in [5.74, 6) is -15.3. The molecule has 3 rings (SSSR count). The Hall–Kier alpha value is -2.92. The minimum absolute atomic E-state index is 0.143. The maximum Gasteiger partial charge on any atom is 0.460 e.